The monoisotopic (exact) mass is 275 g/mol. The Bertz CT molecular complexity index is 541. The molecule has 1 amide bonds. The summed E-state index contributed by atoms with van der Waals surface area (Å²) in [7, 11) is 0. The van der Waals surface area contributed by atoms with Crippen molar-refractivity contribution in [1.29, 1.82) is 0 Å². The minimum atomic E-state index is -0.220. The lowest BCUT2D eigenvalue weighted by atomic mass is 9.74. The van der Waals surface area contributed by atoms with Gasteiger partial charge in [0.1, 0.15) is 0 Å². The molecule has 0 aromatic carbocycles. The van der Waals surface area contributed by atoms with Crippen molar-refractivity contribution in [1.82, 2.24) is 15.2 Å². The number of amides is 1. The van der Waals surface area contributed by atoms with Crippen molar-refractivity contribution in [3.63, 3.8) is 0 Å². The van der Waals surface area contributed by atoms with Gasteiger partial charge in [0.15, 0.2) is 0 Å². The zero-order chi connectivity index (χ0) is 14.0. The van der Waals surface area contributed by atoms with Crippen LogP contribution in [0.5, 0.6) is 0 Å². The molecule has 1 unspecified atom stereocenters. The molecule has 5 heteroatoms. The molecule has 0 aliphatic carbocycles. The molecule has 3 heterocycles. The lowest BCUT2D eigenvalue weighted by Crippen LogP contribution is -2.52. The van der Waals surface area contributed by atoms with E-state index in [2.05, 4.69) is 10.3 Å². The molecule has 1 aromatic heterocycles. The van der Waals surface area contributed by atoms with Crippen LogP contribution in [0.4, 0.5) is 0 Å². The van der Waals surface area contributed by atoms with Crippen LogP contribution in [-0.2, 0) is 0 Å². The van der Waals surface area contributed by atoms with Gasteiger partial charge in [0.2, 0.25) is 5.56 Å². The maximum Gasteiger partial charge on any atom is 0.254 e. The van der Waals surface area contributed by atoms with Crippen LogP contribution in [0.15, 0.2) is 23.1 Å². The fraction of sp³-hybridized carbons (Fsp3) is 0.600. The first kappa shape index (κ1) is 13.4. The van der Waals surface area contributed by atoms with E-state index >= 15 is 0 Å². The van der Waals surface area contributed by atoms with Gasteiger partial charge in [-0.2, -0.15) is 0 Å². The third-order valence-electron chi connectivity index (χ3n) is 4.53. The van der Waals surface area contributed by atoms with Crippen molar-refractivity contribution in [3.8, 4) is 0 Å². The summed E-state index contributed by atoms with van der Waals surface area (Å²) in [5.74, 6) is -0.0132. The Morgan fingerprint density at radius 2 is 2.15 bits per heavy atom. The maximum absolute atomic E-state index is 12.5. The highest BCUT2D eigenvalue weighted by Crippen LogP contribution is 2.36. The van der Waals surface area contributed by atoms with E-state index < -0.39 is 0 Å². The molecule has 2 aliphatic heterocycles. The van der Waals surface area contributed by atoms with Gasteiger partial charge < -0.3 is 15.2 Å². The minimum absolute atomic E-state index is 0.0132. The predicted octanol–water partition coefficient (Wildman–Crippen LogP) is 0.981. The van der Waals surface area contributed by atoms with Crippen molar-refractivity contribution >= 4 is 5.91 Å². The molecule has 1 atom stereocenters. The molecule has 1 aromatic rings. The molecule has 0 radical (unpaired) electrons. The number of nitrogens with one attached hydrogen (secondary N) is 2. The van der Waals surface area contributed by atoms with Gasteiger partial charge in [0.25, 0.3) is 5.91 Å². The Hall–Kier alpha value is -1.62. The quantitative estimate of drug-likeness (QED) is 0.803. The number of aromatic nitrogens is 1. The Balaban J connectivity index is 1.76. The summed E-state index contributed by atoms with van der Waals surface area (Å²) in [6, 6.07) is 3.08. The normalized spacial score (nSPS) is 26.7. The summed E-state index contributed by atoms with van der Waals surface area (Å²) < 4.78 is 0. The molecule has 2 N–H and O–H groups in total. The van der Waals surface area contributed by atoms with E-state index in [0.29, 0.717) is 5.56 Å². The first-order valence-electron chi connectivity index (χ1n) is 7.37. The van der Waals surface area contributed by atoms with Gasteiger partial charge in [-0.25, -0.2) is 0 Å². The summed E-state index contributed by atoms with van der Waals surface area (Å²) in [5.41, 5.74) is 0.518. The summed E-state index contributed by atoms with van der Waals surface area (Å²) >= 11 is 0. The number of hydrogen-bond acceptors (Lipinski definition) is 3. The number of aromatic amines is 1. The topological polar surface area (TPSA) is 65.2 Å². The molecule has 108 valence electrons. The van der Waals surface area contributed by atoms with E-state index in [1.54, 1.807) is 6.07 Å². The van der Waals surface area contributed by atoms with E-state index in [9.17, 15) is 9.59 Å². The van der Waals surface area contributed by atoms with Crippen LogP contribution in [0, 0.1) is 5.41 Å². The Labute approximate surface area is 118 Å². The molecule has 20 heavy (non-hydrogen) atoms. The Kier molecular flexibility index (Phi) is 3.61. The molecular formula is C15H21N3O2. The molecular weight excluding hydrogens is 254 g/mol. The lowest BCUT2D eigenvalue weighted by molar-refractivity contribution is 0.0434. The van der Waals surface area contributed by atoms with Crippen molar-refractivity contribution in [2.45, 2.75) is 25.7 Å². The van der Waals surface area contributed by atoms with Crippen LogP contribution in [0.2, 0.25) is 0 Å². The number of carbonyl (C=O) groups is 1. The molecule has 0 saturated carbocycles. The zero-order valence-corrected chi connectivity index (χ0v) is 11.7. The highest BCUT2D eigenvalue weighted by molar-refractivity contribution is 5.94. The van der Waals surface area contributed by atoms with E-state index in [1.165, 1.54) is 31.5 Å². The Morgan fingerprint density at radius 3 is 2.90 bits per heavy atom. The fourth-order valence-electron chi connectivity index (χ4n) is 3.52. The van der Waals surface area contributed by atoms with Gasteiger partial charge in [-0.05, 0) is 38.3 Å². The van der Waals surface area contributed by atoms with E-state index in [1.807, 2.05) is 4.90 Å². The molecule has 1 spiro atoms. The average molecular weight is 275 g/mol. The first-order valence-corrected chi connectivity index (χ1v) is 7.37. The number of H-pyrrole nitrogens is 1. The van der Waals surface area contributed by atoms with Gasteiger partial charge in [0, 0.05) is 42.9 Å². The Morgan fingerprint density at radius 1 is 1.30 bits per heavy atom. The van der Waals surface area contributed by atoms with Crippen LogP contribution in [0.25, 0.3) is 0 Å². The summed E-state index contributed by atoms with van der Waals surface area (Å²) in [4.78, 5) is 28.3. The van der Waals surface area contributed by atoms with Gasteiger partial charge in [-0.3, -0.25) is 9.59 Å². The highest BCUT2D eigenvalue weighted by atomic mass is 16.2. The standard InChI is InChI=1S/C15H21N3O2/c19-13-9-12(3-7-17-13)14(20)18-8-2-5-15(11-18)4-1-6-16-10-15/h3,7,9,16H,1-2,4-6,8,10-11H2,(H,17,19). The summed E-state index contributed by atoms with van der Waals surface area (Å²) in [6.07, 6.45) is 6.17. The van der Waals surface area contributed by atoms with Crippen molar-refractivity contribution in [3.05, 3.63) is 34.2 Å². The number of pyridine rings is 1. The van der Waals surface area contributed by atoms with E-state index in [4.69, 9.17) is 0 Å². The van der Waals surface area contributed by atoms with Crippen LogP contribution in [0.1, 0.15) is 36.0 Å². The zero-order valence-electron chi connectivity index (χ0n) is 11.7. The molecule has 0 bridgehead atoms. The van der Waals surface area contributed by atoms with Crippen LogP contribution in [0.3, 0.4) is 0 Å². The number of piperidine rings is 2. The minimum Gasteiger partial charge on any atom is -0.338 e. The molecule has 2 fully saturated rings. The number of nitrogens with zero attached hydrogens (tertiary/aromatic N) is 1. The lowest BCUT2D eigenvalue weighted by Gasteiger charge is -2.45. The van der Waals surface area contributed by atoms with Crippen LogP contribution in [-0.4, -0.2) is 42.0 Å². The molecule has 2 aliphatic rings. The smallest absolute Gasteiger partial charge is 0.254 e. The number of hydrogen-bond donors (Lipinski definition) is 2. The van der Waals surface area contributed by atoms with Gasteiger partial charge in [-0.15, -0.1) is 0 Å². The number of likely N-dealkylation sites (tertiary alicyclic amines) is 1. The SMILES string of the molecule is O=C(c1cc[nH]c(=O)c1)N1CCCC2(CCCNC2)C1. The fourth-order valence-corrected chi connectivity index (χ4v) is 3.52. The van der Waals surface area contributed by atoms with Gasteiger partial charge >= 0.3 is 0 Å². The average Bonchev–Trinajstić information content (AvgIpc) is 2.47. The molecule has 3 rings (SSSR count). The number of rotatable bonds is 1. The van der Waals surface area contributed by atoms with E-state index in [-0.39, 0.29) is 16.9 Å². The van der Waals surface area contributed by atoms with Crippen molar-refractivity contribution in [2.75, 3.05) is 26.2 Å². The molecule has 5 nitrogen and oxygen atoms in total. The van der Waals surface area contributed by atoms with Gasteiger partial charge in [-0.1, -0.05) is 0 Å². The second kappa shape index (κ2) is 5.40. The van der Waals surface area contributed by atoms with Crippen LogP contribution >= 0.6 is 0 Å². The highest BCUT2D eigenvalue weighted by Gasteiger charge is 2.38. The summed E-state index contributed by atoms with van der Waals surface area (Å²) in [6.45, 7) is 3.70. The van der Waals surface area contributed by atoms with Crippen LogP contribution < -0.4 is 10.9 Å². The third-order valence-corrected chi connectivity index (χ3v) is 4.53. The third kappa shape index (κ3) is 2.63. The molecule has 2 saturated heterocycles. The van der Waals surface area contributed by atoms with Crippen molar-refractivity contribution < 1.29 is 4.79 Å². The van der Waals surface area contributed by atoms with Crippen molar-refractivity contribution in [2.24, 2.45) is 5.41 Å². The largest absolute Gasteiger partial charge is 0.338 e. The van der Waals surface area contributed by atoms with E-state index in [0.717, 1.165) is 32.6 Å². The van der Waals surface area contributed by atoms with Gasteiger partial charge in [0.05, 0.1) is 0 Å². The summed E-state index contributed by atoms with van der Waals surface area (Å²) in [5, 5.41) is 3.46. The predicted molar refractivity (Wildman–Crippen MR) is 76.7 cm³/mol. The first-order chi connectivity index (χ1) is 9.69. The maximum atomic E-state index is 12.5. The second-order valence-electron chi connectivity index (χ2n) is 6.05. The second-order valence-corrected chi connectivity index (χ2v) is 6.05. The number of carbonyl (C=O) groups excluding carboxylic acids is 1.